The molecule has 32 heavy (non-hydrogen) atoms. The van der Waals surface area contributed by atoms with E-state index >= 15 is 0 Å². The Morgan fingerprint density at radius 3 is 1.44 bits per heavy atom. The highest BCUT2D eigenvalue weighted by Gasteiger charge is 2.12. The normalized spacial score (nSPS) is 10.3. The molecular weight excluding hydrogens is 412 g/mol. The average molecular weight is 443 g/mol. The van der Waals surface area contributed by atoms with Gasteiger partial charge >= 0.3 is 18.1 Å². The molecule has 7 nitrogen and oxygen atoms in total. The first-order valence-corrected chi connectivity index (χ1v) is 10.7. The molecule has 0 aliphatic heterocycles. The van der Waals surface area contributed by atoms with Crippen LogP contribution < -0.4 is 0 Å². The highest BCUT2D eigenvalue weighted by molar-refractivity contribution is 5.91. The van der Waals surface area contributed by atoms with Gasteiger partial charge in [-0.05, 0) is 61.8 Å². The van der Waals surface area contributed by atoms with Crippen molar-refractivity contribution in [1.82, 2.24) is 0 Å². The molecule has 2 aromatic carbocycles. The number of methoxy groups -OCH3 is 2. The number of esters is 2. The van der Waals surface area contributed by atoms with E-state index in [9.17, 15) is 14.4 Å². The molecule has 0 atom stereocenters. The molecule has 0 fully saturated rings. The molecule has 172 valence electrons. The number of carbonyl (C=O) groups is 3. The summed E-state index contributed by atoms with van der Waals surface area (Å²) in [6.45, 7) is 0.511. The van der Waals surface area contributed by atoms with Crippen molar-refractivity contribution in [2.45, 2.75) is 38.5 Å². The van der Waals surface area contributed by atoms with E-state index in [0.717, 1.165) is 24.0 Å². The fourth-order valence-electron chi connectivity index (χ4n) is 3.28. The van der Waals surface area contributed by atoms with Crippen LogP contribution in [0.25, 0.3) is 0 Å². The molecule has 2 rings (SSSR count). The van der Waals surface area contributed by atoms with Crippen LogP contribution in [0.3, 0.4) is 0 Å². The van der Waals surface area contributed by atoms with Crippen molar-refractivity contribution in [1.29, 1.82) is 0 Å². The maximum atomic E-state index is 11.8. The fourth-order valence-corrected chi connectivity index (χ4v) is 3.28. The number of ether oxygens (including phenoxy) is 4. The summed E-state index contributed by atoms with van der Waals surface area (Å²) >= 11 is 0. The van der Waals surface area contributed by atoms with Crippen molar-refractivity contribution in [3.05, 3.63) is 70.8 Å². The molecule has 0 bridgehead atoms. The van der Waals surface area contributed by atoms with E-state index in [1.54, 1.807) is 24.3 Å². The van der Waals surface area contributed by atoms with Crippen LogP contribution in [0.4, 0.5) is 4.79 Å². The molecule has 0 spiro atoms. The van der Waals surface area contributed by atoms with Crippen molar-refractivity contribution >= 4 is 18.1 Å². The molecule has 0 radical (unpaired) electrons. The summed E-state index contributed by atoms with van der Waals surface area (Å²) in [6, 6.07) is 14.6. The minimum atomic E-state index is -0.685. The molecule has 0 saturated heterocycles. The Labute approximate surface area is 188 Å². The number of aryl methyl sites for hydroxylation is 2. The van der Waals surface area contributed by atoms with Crippen LogP contribution in [0.2, 0.25) is 0 Å². The van der Waals surface area contributed by atoms with Crippen LogP contribution in [0.1, 0.15) is 57.5 Å². The molecule has 2 aromatic rings. The summed E-state index contributed by atoms with van der Waals surface area (Å²) in [7, 11) is 2.72. The lowest BCUT2D eigenvalue weighted by atomic mass is 10.0. The Kier molecular flexibility index (Phi) is 10.8. The van der Waals surface area contributed by atoms with E-state index in [1.807, 2.05) is 24.3 Å². The van der Waals surface area contributed by atoms with Crippen LogP contribution in [0.15, 0.2) is 48.5 Å². The largest absolute Gasteiger partial charge is 0.508 e. The van der Waals surface area contributed by atoms with Gasteiger partial charge in [0.05, 0.1) is 38.6 Å². The van der Waals surface area contributed by atoms with Crippen LogP contribution in [0.5, 0.6) is 0 Å². The lowest BCUT2D eigenvalue weighted by Gasteiger charge is -2.09. The third-order valence-corrected chi connectivity index (χ3v) is 4.97. The minimum absolute atomic E-state index is 0.256. The first-order valence-electron chi connectivity index (χ1n) is 10.7. The molecule has 0 heterocycles. The predicted octanol–water partition coefficient (Wildman–Crippen LogP) is 4.76. The zero-order valence-corrected chi connectivity index (χ0v) is 18.6. The Hall–Kier alpha value is -3.35. The van der Waals surface area contributed by atoms with Crippen LogP contribution in [-0.4, -0.2) is 45.5 Å². The van der Waals surface area contributed by atoms with Gasteiger partial charge < -0.3 is 18.9 Å². The van der Waals surface area contributed by atoms with Gasteiger partial charge in [0.2, 0.25) is 0 Å². The van der Waals surface area contributed by atoms with E-state index < -0.39 is 6.16 Å². The smallest absolute Gasteiger partial charge is 0.465 e. The van der Waals surface area contributed by atoms with Gasteiger partial charge in [-0.25, -0.2) is 14.4 Å². The van der Waals surface area contributed by atoms with Crippen LogP contribution in [0, 0.1) is 0 Å². The zero-order chi connectivity index (χ0) is 23.2. The molecule has 0 amide bonds. The van der Waals surface area contributed by atoms with Crippen molar-refractivity contribution in [2.75, 3.05) is 27.4 Å². The third kappa shape index (κ3) is 8.06. The van der Waals surface area contributed by atoms with E-state index in [4.69, 9.17) is 18.9 Å². The summed E-state index contributed by atoms with van der Waals surface area (Å²) in [5.41, 5.74) is 2.94. The van der Waals surface area contributed by atoms with Crippen molar-refractivity contribution in [3.63, 3.8) is 0 Å². The summed E-state index contributed by atoms with van der Waals surface area (Å²) in [4.78, 5) is 35.3. The molecule has 0 aliphatic carbocycles. The molecule has 0 aromatic heterocycles. The molecular formula is C25H30O7. The SMILES string of the molecule is COC(=O)c1ccccc1CCCCOC(=O)OCCCCc1ccccc1C(=O)OC. The molecule has 0 aliphatic rings. The van der Waals surface area contributed by atoms with Gasteiger partial charge in [0.25, 0.3) is 0 Å². The maximum Gasteiger partial charge on any atom is 0.508 e. The van der Waals surface area contributed by atoms with Crippen molar-refractivity contribution < 1.29 is 33.3 Å². The average Bonchev–Trinajstić information content (AvgIpc) is 2.83. The summed E-state index contributed by atoms with van der Waals surface area (Å²) < 4.78 is 19.8. The molecule has 0 N–H and O–H groups in total. The predicted molar refractivity (Wildman–Crippen MR) is 119 cm³/mol. The van der Waals surface area contributed by atoms with Crippen LogP contribution >= 0.6 is 0 Å². The number of hydrogen-bond donors (Lipinski definition) is 0. The Morgan fingerprint density at radius 2 is 1.03 bits per heavy atom. The van der Waals surface area contributed by atoms with Gasteiger partial charge in [-0.15, -0.1) is 0 Å². The number of hydrogen-bond acceptors (Lipinski definition) is 7. The van der Waals surface area contributed by atoms with Crippen molar-refractivity contribution in [2.24, 2.45) is 0 Å². The van der Waals surface area contributed by atoms with Gasteiger partial charge in [0.1, 0.15) is 0 Å². The summed E-state index contributed by atoms with van der Waals surface area (Å²) in [5.74, 6) is -0.705. The van der Waals surface area contributed by atoms with Gasteiger partial charge in [-0.1, -0.05) is 36.4 Å². The highest BCUT2D eigenvalue weighted by atomic mass is 16.7. The van der Waals surface area contributed by atoms with Crippen molar-refractivity contribution in [3.8, 4) is 0 Å². The number of benzene rings is 2. The Balaban J connectivity index is 1.58. The van der Waals surface area contributed by atoms with Crippen LogP contribution in [-0.2, 0) is 31.8 Å². The molecule has 7 heteroatoms. The quantitative estimate of drug-likeness (QED) is 0.266. The lowest BCUT2D eigenvalue weighted by molar-refractivity contribution is 0.0531. The van der Waals surface area contributed by atoms with E-state index in [1.165, 1.54) is 14.2 Å². The Morgan fingerprint density at radius 1 is 0.625 bits per heavy atom. The Bertz CT molecular complexity index is 820. The first kappa shape index (κ1) is 24.9. The van der Waals surface area contributed by atoms with E-state index in [0.29, 0.717) is 36.8 Å². The van der Waals surface area contributed by atoms with Gasteiger partial charge in [0, 0.05) is 0 Å². The zero-order valence-electron chi connectivity index (χ0n) is 18.6. The number of rotatable bonds is 12. The van der Waals surface area contributed by atoms with E-state index in [2.05, 4.69) is 0 Å². The van der Waals surface area contributed by atoms with Gasteiger partial charge in [-0.3, -0.25) is 0 Å². The second-order valence-electron chi connectivity index (χ2n) is 7.16. The van der Waals surface area contributed by atoms with Gasteiger partial charge in [-0.2, -0.15) is 0 Å². The second kappa shape index (κ2) is 13.9. The topological polar surface area (TPSA) is 88.1 Å². The second-order valence-corrected chi connectivity index (χ2v) is 7.16. The fraction of sp³-hybridized carbons (Fsp3) is 0.400. The maximum absolute atomic E-state index is 11.8. The summed E-state index contributed by atoms with van der Waals surface area (Å²) in [5, 5.41) is 0. The monoisotopic (exact) mass is 442 g/mol. The van der Waals surface area contributed by atoms with Gasteiger partial charge in [0.15, 0.2) is 0 Å². The lowest BCUT2D eigenvalue weighted by Crippen LogP contribution is -2.10. The number of unbranched alkanes of at least 4 members (excludes halogenated alkanes) is 2. The standard InChI is InChI=1S/C25H30O7/c1-29-23(26)21-15-5-3-11-19(21)13-7-9-17-31-25(28)32-18-10-8-14-20-12-4-6-16-22(20)24(27)30-2/h3-6,11-12,15-16H,7-10,13-14,17-18H2,1-2H3. The highest BCUT2D eigenvalue weighted by Crippen LogP contribution is 2.14. The minimum Gasteiger partial charge on any atom is -0.465 e. The third-order valence-electron chi connectivity index (χ3n) is 4.97. The number of carbonyl (C=O) groups excluding carboxylic acids is 3. The first-order chi connectivity index (χ1) is 15.6. The molecule has 0 unspecified atom stereocenters. The molecule has 0 saturated carbocycles. The summed E-state index contributed by atoms with van der Waals surface area (Å²) in [6.07, 6.45) is 3.55. The van der Waals surface area contributed by atoms with E-state index in [-0.39, 0.29) is 25.2 Å².